The maximum Gasteiger partial charge on any atom is 0.422 e. The van der Waals surface area contributed by atoms with Gasteiger partial charge in [0.15, 0.2) is 11.7 Å². The van der Waals surface area contributed by atoms with E-state index in [-0.39, 0.29) is 0 Å². The van der Waals surface area contributed by atoms with Gasteiger partial charge in [0.05, 0.1) is 0 Å². The molecule has 6 nitrogen and oxygen atoms in total. The van der Waals surface area contributed by atoms with Gasteiger partial charge in [-0.2, -0.15) is 13.2 Å². The van der Waals surface area contributed by atoms with E-state index in [1.54, 1.807) is 12.3 Å². The largest absolute Gasteiger partial charge is 0.440 e. The molecule has 0 spiro atoms. The third-order valence-electron chi connectivity index (χ3n) is 2.88. The summed E-state index contributed by atoms with van der Waals surface area (Å²) in [5, 5.41) is 5.26. The SMILES string of the molecule is O=C(CNC(=O)OCC(F)(F)F)Nc1ncc(Cc2ccccc2Cl)s1. The van der Waals surface area contributed by atoms with E-state index < -0.39 is 31.3 Å². The first-order valence-electron chi connectivity index (χ1n) is 7.18. The van der Waals surface area contributed by atoms with Crippen LogP contribution in [0.15, 0.2) is 30.5 Å². The first-order chi connectivity index (χ1) is 12.2. The quantitative estimate of drug-likeness (QED) is 0.766. The maximum absolute atomic E-state index is 11.9. The Bertz CT molecular complexity index is 783. The molecule has 0 aliphatic carbocycles. The lowest BCUT2D eigenvalue weighted by Gasteiger charge is -2.08. The van der Waals surface area contributed by atoms with Crippen molar-refractivity contribution in [2.24, 2.45) is 0 Å². The second kappa shape index (κ2) is 8.86. The van der Waals surface area contributed by atoms with Crippen molar-refractivity contribution in [3.63, 3.8) is 0 Å². The number of thiazole rings is 1. The van der Waals surface area contributed by atoms with Crippen LogP contribution in [0.1, 0.15) is 10.4 Å². The number of nitrogens with one attached hydrogen (secondary N) is 2. The average molecular weight is 408 g/mol. The second-order valence-corrected chi connectivity index (χ2v) is 6.52. The van der Waals surface area contributed by atoms with Crippen molar-refractivity contribution in [2.45, 2.75) is 12.6 Å². The fourth-order valence-corrected chi connectivity index (χ4v) is 2.85. The minimum atomic E-state index is -4.63. The molecule has 0 bridgehead atoms. The van der Waals surface area contributed by atoms with Gasteiger partial charge >= 0.3 is 12.3 Å². The van der Waals surface area contributed by atoms with Crippen molar-refractivity contribution in [2.75, 3.05) is 18.5 Å². The molecule has 0 saturated heterocycles. The number of alkyl carbamates (subject to hydrolysis) is 1. The summed E-state index contributed by atoms with van der Waals surface area (Å²) in [5.41, 5.74) is 0.907. The van der Waals surface area contributed by atoms with E-state index in [1.165, 1.54) is 11.3 Å². The first kappa shape index (κ1) is 20.0. The topological polar surface area (TPSA) is 80.3 Å². The molecule has 0 saturated carbocycles. The predicted octanol–water partition coefficient (Wildman–Crippen LogP) is 3.61. The van der Waals surface area contributed by atoms with Crippen LogP contribution in [0.2, 0.25) is 5.02 Å². The summed E-state index contributed by atoms with van der Waals surface area (Å²) in [5.74, 6) is -0.646. The summed E-state index contributed by atoms with van der Waals surface area (Å²) < 4.78 is 39.6. The fourth-order valence-electron chi connectivity index (χ4n) is 1.79. The van der Waals surface area contributed by atoms with Gasteiger partial charge in [-0.05, 0) is 11.6 Å². The third-order valence-corrected chi connectivity index (χ3v) is 4.16. The van der Waals surface area contributed by atoms with Crippen LogP contribution in [0.5, 0.6) is 0 Å². The second-order valence-electron chi connectivity index (χ2n) is 4.99. The lowest BCUT2D eigenvalue weighted by atomic mass is 10.1. The van der Waals surface area contributed by atoms with Gasteiger partial charge in [-0.25, -0.2) is 9.78 Å². The number of nitrogens with zero attached hydrogens (tertiary/aromatic N) is 1. The number of aromatic nitrogens is 1. The average Bonchev–Trinajstić information content (AvgIpc) is 2.99. The van der Waals surface area contributed by atoms with Crippen molar-refractivity contribution in [3.8, 4) is 0 Å². The Kier molecular flexibility index (Phi) is 6.81. The number of hydrogen-bond acceptors (Lipinski definition) is 5. The van der Waals surface area contributed by atoms with Crippen molar-refractivity contribution >= 4 is 40.1 Å². The Balaban J connectivity index is 1.78. The van der Waals surface area contributed by atoms with Crippen molar-refractivity contribution in [1.82, 2.24) is 10.3 Å². The molecule has 2 rings (SSSR count). The van der Waals surface area contributed by atoms with Crippen LogP contribution >= 0.6 is 22.9 Å². The lowest BCUT2D eigenvalue weighted by molar-refractivity contribution is -0.160. The highest BCUT2D eigenvalue weighted by Gasteiger charge is 2.29. The minimum absolute atomic E-state index is 0.294. The number of ether oxygens (including phenoxy) is 1. The standard InChI is InChI=1S/C15H13ClF3N3O3S/c16-11-4-2-1-3-9(11)5-10-6-20-13(26-10)22-12(23)7-21-14(24)25-8-15(17,18)19/h1-4,6H,5,7-8H2,(H,21,24)(H,20,22,23). The van der Waals surface area contributed by atoms with E-state index in [4.69, 9.17) is 11.6 Å². The van der Waals surface area contributed by atoms with Crippen molar-refractivity contribution in [1.29, 1.82) is 0 Å². The van der Waals surface area contributed by atoms with E-state index in [1.807, 2.05) is 23.5 Å². The highest BCUT2D eigenvalue weighted by molar-refractivity contribution is 7.15. The Morgan fingerprint density at radius 3 is 2.69 bits per heavy atom. The van der Waals surface area contributed by atoms with Crippen LogP contribution in [0, 0.1) is 0 Å². The van der Waals surface area contributed by atoms with Crippen LogP contribution in [-0.4, -0.2) is 36.3 Å². The normalized spacial score (nSPS) is 11.1. The smallest absolute Gasteiger partial charge is 0.422 e. The molecule has 1 aromatic heterocycles. The van der Waals surface area contributed by atoms with E-state index in [2.05, 4.69) is 15.0 Å². The van der Waals surface area contributed by atoms with Gasteiger partial charge in [0.2, 0.25) is 5.91 Å². The number of alkyl halides is 3. The summed E-state index contributed by atoms with van der Waals surface area (Å²) >= 11 is 7.30. The number of halogens is 4. The predicted molar refractivity (Wildman–Crippen MR) is 90.4 cm³/mol. The number of anilines is 1. The van der Waals surface area contributed by atoms with Gasteiger partial charge < -0.3 is 15.4 Å². The molecule has 2 aromatic rings. The maximum atomic E-state index is 11.9. The summed E-state index contributed by atoms with van der Waals surface area (Å²) in [6, 6.07) is 7.31. The number of rotatable bonds is 6. The molecule has 1 aromatic carbocycles. The Hall–Kier alpha value is -2.33. The number of carbonyl (C=O) groups excluding carboxylic acids is 2. The zero-order valence-corrected chi connectivity index (χ0v) is 14.7. The fraction of sp³-hybridized carbons (Fsp3) is 0.267. The van der Waals surface area contributed by atoms with Gasteiger partial charge in [-0.1, -0.05) is 29.8 Å². The third kappa shape index (κ3) is 6.89. The van der Waals surface area contributed by atoms with Crippen LogP contribution in [-0.2, 0) is 16.0 Å². The molecule has 0 radical (unpaired) electrons. The van der Waals surface area contributed by atoms with E-state index >= 15 is 0 Å². The molecule has 2 N–H and O–H groups in total. The molecular formula is C15H13ClF3N3O3S. The van der Waals surface area contributed by atoms with Crippen LogP contribution in [0.4, 0.5) is 23.1 Å². The number of benzene rings is 1. The molecule has 0 aliphatic rings. The molecule has 2 amide bonds. The first-order valence-corrected chi connectivity index (χ1v) is 8.38. The van der Waals surface area contributed by atoms with Gasteiger partial charge in [0.25, 0.3) is 0 Å². The molecule has 26 heavy (non-hydrogen) atoms. The number of amides is 2. The molecular weight excluding hydrogens is 395 g/mol. The van der Waals surface area contributed by atoms with Crippen LogP contribution < -0.4 is 10.6 Å². The van der Waals surface area contributed by atoms with E-state index in [9.17, 15) is 22.8 Å². The summed E-state index contributed by atoms with van der Waals surface area (Å²) in [7, 11) is 0. The molecule has 0 fully saturated rings. The summed E-state index contributed by atoms with van der Waals surface area (Å²) in [4.78, 5) is 27.6. The van der Waals surface area contributed by atoms with Crippen LogP contribution in [0.25, 0.3) is 0 Å². The molecule has 0 aliphatic heterocycles. The van der Waals surface area contributed by atoms with E-state index in [0.29, 0.717) is 16.6 Å². The van der Waals surface area contributed by atoms with Gasteiger partial charge in [-0.3, -0.25) is 4.79 Å². The summed E-state index contributed by atoms with van der Waals surface area (Å²) in [6.45, 7) is -2.27. The van der Waals surface area contributed by atoms with Gasteiger partial charge in [0, 0.05) is 22.5 Å². The van der Waals surface area contributed by atoms with Crippen molar-refractivity contribution < 1.29 is 27.5 Å². The number of hydrogen-bond donors (Lipinski definition) is 2. The zero-order chi connectivity index (χ0) is 19.2. The minimum Gasteiger partial charge on any atom is -0.440 e. The van der Waals surface area contributed by atoms with Crippen LogP contribution in [0.3, 0.4) is 0 Å². The molecule has 11 heteroatoms. The lowest BCUT2D eigenvalue weighted by Crippen LogP contribution is -2.35. The molecule has 0 atom stereocenters. The van der Waals surface area contributed by atoms with E-state index in [0.717, 1.165) is 10.4 Å². The Morgan fingerprint density at radius 1 is 1.27 bits per heavy atom. The molecule has 0 unspecified atom stereocenters. The highest BCUT2D eigenvalue weighted by Crippen LogP contribution is 2.24. The molecule has 1 heterocycles. The van der Waals surface area contributed by atoms with Crippen molar-refractivity contribution in [3.05, 3.63) is 45.9 Å². The number of carbonyl (C=O) groups is 2. The zero-order valence-electron chi connectivity index (χ0n) is 13.1. The highest BCUT2D eigenvalue weighted by atomic mass is 35.5. The summed E-state index contributed by atoms with van der Waals surface area (Å²) in [6.07, 6.45) is -3.85. The Morgan fingerprint density at radius 2 is 2.00 bits per heavy atom. The molecule has 140 valence electrons. The van der Waals surface area contributed by atoms with Gasteiger partial charge in [-0.15, -0.1) is 11.3 Å². The van der Waals surface area contributed by atoms with Gasteiger partial charge in [0.1, 0.15) is 6.54 Å². The Labute approximate surface area is 155 Å². The monoisotopic (exact) mass is 407 g/mol.